The minimum Gasteiger partial charge on any atom is -0.341 e. The molecule has 0 bridgehead atoms. The lowest BCUT2D eigenvalue weighted by atomic mass is 10.0. The van der Waals surface area contributed by atoms with Gasteiger partial charge in [0, 0.05) is 13.1 Å². The monoisotopic (exact) mass is 226 g/mol. The van der Waals surface area contributed by atoms with Gasteiger partial charge >= 0.3 is 0 Å². The Balaban J connectivity index is 2.63. The molecular formula is C11H18N2OS. The normalized spacial score (nSPS) is 27.1. The maximum Gasteiger partial charge on any atom is 0.238 e. The molecule has 0 aromatic heterocycles. The highest BCUT2D eigenvalue weighted by molar-refractivity contribution is 8.01. The third-order valence-electron chi connectivity index (χ3n) is 3.04. The minimum atomic E-state index is -0.252. The highest BCUT2D eigenvalue weighted by Gasteiger charge is 2.39. The molecule has 1 rings (SSSR count). The Kier molecular flexibility index (Phi) is 4.04. The summed E-state index contributed by atoms with van der Waals surface area (Å²) in [7, 11) is 1.80. The molecule has 4 heteroatoms. The molecule has 1 amide bonds. The summed E-state index contributed by atoms with van der Waals surface area (Å²) in [5.41, 5.74) is 0. The van der Waals surface area contributed by atoms with E-state index < -0.39 is 0 Å². The van der Waals surface area contributed by atoms with Crippen molar-refractivity contribution in [3.05, 3.63) is 0 Å². The van der Waals surface area contributed by atoms with Crippen molar-refractivity contribution in [1.82, 2.24) is 4.90 Å². The summed E-state index contributed by atoms with van der Waals surface area (Å²) in [5.74, 6) is 1.25. The van der Waals surface area contributed by atoms with Crippen molar-refractivity contribution in [3.63, 3.8) is 0 Å². The van der Waals surface area contributed by atoms with Gasteiger partial charge in [-0.3, -0.25) is 4.79 Å². The van der Waals surface area contributed by atoms with Crippen LogP contribution in [-0.4, -0.2) is 34.4 Å². The molecule has 1 heterocycles. The molecule has 15 heavy (non-hydrogen) atoms. The maximum atomic E-state index is 12.2. The van der Waals surface area contributed by atoms with Gasteiger partial charge in [0.2, 0.25) is 5.91 Å². The third-order valence-corrected chi connectivity index (χ3v) is 4.55. The first-order valence-electron chi connectivity index (χ1n) is 5.29. The summed E-state index contributed by atoms with van der Waals surface area (Å²) in [6.07, 6.45) is 2.48. The average molecular weight is 226 g/mol. The van der Waals surface area contributed by atoms with E-state index >= 15 is 0 Å². The fourth-order valence-electron chi connectivity index (χ4n) is 1.79. The molecule has 3 nitrogen and oxygen atoms in total. The summed E-state index contributed by atoms with van der Waals surface area (Å²) in [5, 5.41) is 8.60. The van der Waals surface area contributed by atoms with Crippen LogP contribution in [0.2, 0.25) is 0 Å². The fourth-order valence-corrected chi connectivity index (χ4v) is 3.09. The Labute approximate surface area is 95.8 Å². The molecule has 0 N–H and O–H groups in total. The molecule has 0 aliphatic carbocycles. The maximum absolute atomic E-state index is 12.2. The van der Waals surface area contributed by atoms with Gasteiger partial charge < -0.3 is 4.90 Å². The van der Waals surface area contributed by atoms with E-state index in [1.807, 2.05) is 13.8 Å². The zero-order valence-corrected chi connectivity index (χ0v) is 10.4. The molecular weight excluding hydrogens is 208 g/mol. The lowest BCUT2D eigenvalue weighted by molar-refractivity contribution is -0.133. The summed E-state index contributed by atoms with van der Waals surface area (Å²) in [6.45, 7) is 3.94. The van der Waals surface area contributed by atoms with Crippen LogP contribution in [0.15, 0.2) is 0 Å². The van der Waals surface area contributed by atoms with E-state index in [9.17, 15) is 4.79 Å². The van der Waals surface area contributed by atoms with E-state index in [0.717, 1.165) is 18.6 Å². The molecule has 1 saturated heterocycles. The van der Waals surface area contributed by atoms with E-state index in [4.69, 9.17) is 5.26 Å². The average Bonchev–Trinajstić information content (AvgIpc) is 2.64. The Hall–Kier alpha value is -0.690. The molecule has 1 aliphatic rings. The Morgan fingerprint density at radius 3 is 2.87 bits per heavy atom. The zero-order chi connectivity index (χ0) is 11.5. The van der Waals surface area contributed by atoms with Crippen LogP contribution >= 0.6 is 11.8 Å². The fraction of sp³-hybridized carbons (Fsp3) is 0.818. The van der Waals surface area contributed by atoms with Crippen LogP contribution in [0.25, 0.3) is 0 Å². The Bertz CT molecular complexity index is 279. The molecule has 0 radical (unpaired) electrons. The van der Waals surface area contributed by atoms with Gasteiger partial charge in [0.1, 0.15) is 0 Å². The molecule has 2 unspecified atom stereocenters. The van der Waals surface area contributed by atoms with Gasteiger partial charge in [-0.15, -0.1) is 11.8 Å². The number of thioether (sulfide) groups is 1. The number of nitrogens with zero attached hydrogens (tertiary/aromatic N) is 2. The van der Waals surface area contributed by atoms with Gasteiger partial charge in [-0.1, -0.05) is 0 Å². The summed E-state index contributed by atoms with van der Waals surface area (Å²) >= 11 is 1.74. The second-order valence-electron chi connectivity index (χ2n) is 4.31. The van der Waals surface area contributed by atoms with Gasteiger partial charge in [-0.25, -0.2) is 0 Å². The van der Waals surface area contributed by atoms with Crippen LogP contribution in [-0.2, 0) is 4.79 Å². The lowest BCUT2D eigenvalue weighted by Crippen LogP contribution is -2.45. The number of carbonyl (C=O) groups is 1. The number of hydrogen-bond acceptors (Lipinski definition) is 3. The van der Waals surface area contributed by atoms with Crippen molar-refractivity contribution in [3.8, 4) is 6.07 Å². The number of carbonyl (C=O) groups excluding carboxylic acids is 1. The first kappa shape index (κ1) is 12.4. The van der Waals surface area contributed by atoms with Gasteiger partial charge in [0.25, 0.3) is 0 Å². The summed E-state index contributed by atoms with van der Waals surface area (Å²) in [6, 6.07) is 2.12. The highest BCUT2D eigenvalue weighted by atomic mass is 32.2. The summed E-state index contributed by atoms with van der Waals surface area (Å²) < 4.78 is -0.252. The van der Waals surface area contributed by atoms with Crippen molar-refractivity contribution in [2.24, 2.45) is 0 Å². The predicted molar refractivity (Wildman–Crippen MR) is 62.6 cm³/mol. The van der Waals surface area contributed by atoms with Crippen molar-refractivity contribution >= 4 is 17.7 Å². The molecule has 0 aromatic rings. The lowest BCUT2D eigenvalue weighted by Gasteiger charge is -2.31. The van der Waals surface area contributed by atoms with Crippen LogP contribution in [0.4, 0.5) is 0 Å². The minimum absolute atomic E-state index is 0.0144. The largest absolute Gasteiger partial charge is 0.341 e. The van der Waals surface area contributed by atoms with Crippen LogP contribution in [0, 0.1) is 11.3 Å². The van der Waals surface area contributed by atoms with Crippen molar-refractivity contribution in [2.75, 3.05) is 12.8 Å². The second-order valence-corrected chi connectivity index (χ2v) is 5.91. The van der Waals surface area contributed by atoms with Crippen LogP contribution in [0.5, 0.6) is 0 Å². The van der Waals surface area contributed by atoms with Crippen LogP contribution < -0.4 is 0 Å². The van der Waals surface area contributed by atoms with Crippen molar-refractivity contribution in [2.45, 2.75) is 43.9 Å². The first-order valence-corrected chi connectivity index (χ1v) is 6.28. The van der Waals surface area contributed by atoms with Gasteiger partial charge in [-0.2, -0.15) is 5.26 Å². The van der Waals surface area contributed by atoms with Crippen molar-refractivity contribution < 1.29 is 4.79 Å². The first-order chi connectivity index (χ1) is 7.01. The smallest absolute Gasteiger partial charge is 0.238 e. The number of nitriles is 1. The summed E-state index contributed by atoms with van der Waals surface area (Å²) in [4.78, 5) is 13.9. The van der Waals surface area contributed by atoms with Crippen molar-refractivity contribution in [1.29, 1.82) is 5.26 Å². The molecule has 0 aromatic carbocycles. The van der Waals surface area contributed by atoms with E-state index in [1.165, 1.54) is 0 Å². The quantitative estimate of drug-likeness (QED) is 0.739. The van der Waals surface area contributed by atoms with Gasteiger partial charge in [0.15, 0.2) is 0 Å². The van der Waals surface area contributed by atoms with E-state index in [1.54, 1.807) is 23.7 Å². The molecule has 1 fully saturated rings. The molecule has 84 valence electrons. The second kappa shape index (κ2) is 4.89. The molecule has 1 aliphatic heterocycles. The van der Waals surface area contributed by atoms with Gasteiger partial charge in [-0.05, 0) is 32.4 Å². The van der Waals surface area contributed by atoms with Gasteiger partial charge in [0.05, 0.1) is 17.2 Å². The molecule has 0 spiro atoms. The Morgan fingerprint density at radius 1 is 1.73 bits per heavy atom. The van der Waals surface area contributed by atoms with E-state index in [2.05, 4.69) is 6.07 Å². The van der Waals surface area contributed by atoms with E-state index in [0.29, 0.717) is 6.42 Å². The van der Waals surface area contributed by atoms with E-state index in [-0.39, 0.29) is 16.7 Å². The van der Waals surface area contributed by atoms with Crippen LogP contribution in [0.3, 0.4) is 0 Å². The standard InChI is InChI=1S/C11H18N2OS/c1-9(5-7-12)13(3)10(14)11(2)6-4-8-15-11/h9H,4-6,8H2,1-3H3. The molecule has 0 saturated carbocycles. The number of amides is 1. The molecule has 2 atom stereocenters. The topological polar surface area (TPSA) is 44.1 Å². The zero-order valence-electron chi connectivity index (χ0n) is 9.62. The Morgan fingerprint density at radius 2 is 2.40 bits per heavy atom. The SMILES string of the molecule is CC(CC#N)N(C)C(=O)C1(C)CCCS1. The highest BCUT2D eigenvalue weighted by Crippen LogP contribution is 2.39. The third kappa shape index (κ3) is 2.66. The number of rotatable bonds is 3. The predicted octanol–water partition coefficient (Wildman–Crippen LogP) is 2.03. The van der Waals surface area contributed by atoms with Crippen LogP contribution in [0.1, 0.15) is 33.1 Å². The number of hydrogen-bond donors (Lipinski definition) is 0.